The van der Waals surface area contributed by atoms with Crippen molar-refractivity contribution < 1.29 is 89.3 Å². The van der Waals surface area contributed by atoms with Gasteiger partial charge in [0.15, 0.2) is 0 Å². The molecule has 0 spiro atoms. The van der Waals surface area contributed by atoms with Crippen molar-refractivity contribution in [2.24, 2.45) is 17.6 Å². The van der Waals surface area contributed by atoms with Gasteiger partial charge in [-0.15, -0.1) is 5.92 Å². The van der Waals surface area contributed by atoms with E-state index in [1.54, 1.807) is 0 Å². The van der Waals surface area contributed by atoms with Crippen LogP contribution in [-0.4, -0.2) is 5.84 Å². The minimum absolute atomic E-state index is 0. The van der Waals surface area contributed by atoms with Gasteiger partial charge in [0.1, 0.15) is 0 Å². The molecule has 0 heterocycles. The van der Waals surface area contributed by atoms with Gasteiger partial charge in [0, 0.05) is 31.1 Å². The van der Waals surface area contributed by atoms with Gasteiger partial charge < -0.3 is 25.0 Å². The van der Waals surface area contributed by atoms with E-state index >= 15 is 0 Å². The fourth-order valence-corrected chi connectivity index (χ4v) is 1.32. The van der Waals surface area contributed by atoms with Crippen LogP contribution >= 0.6 is 0 Å². The standard InChI is InChI=1S/C8H14N2.Rb.U/c1-6-3-2-4-7(5-6)8(9)10;;/h3-4,6-7H,2,5H2,1H3,(H3,9,10);;/q-2;+1;. The van der Waals surface area contributed by atoms with Crippen LogP contribution in [-0.2, 0) is 0 Å². The van der Waals surface area contributed by atoms with Crippen molar-refractivity contribution in [2.45, 2.75) is 19.8 Å². The third kappa shape index (κ3) is 5.93. The molecule has 0 aromatic rings. The van der Waals surface area contributed by atoms with E-state index < -0.39 is 0 Å². The predicted octanol–water partition coefficient (Wildman–Crippen LogP) is -1.62. The molecule has 1 fully saturated rings. The number of hydrogen-bond acceptors (Lipinski definition) is 1. The molecule has 0 aromatic heterocycles. The average molecular weight is 462 g/mol. The Morgan fingerprint density at radius 2 is 2.08 bits per heavy atom. The molecular formula is C8H14N2RbU-. The predicted molar refractivity (Wildman–Crippen MR) is 42.4 cm³/mol. The Balaban J connectivity index is 0. The molecule has 12 heavy (non-hydrogen) atoms. The smallest absolute Gasteiger partial charge is 0.390 e. The van der Waals surface area contributed by atoms with E-state index in [-0.39, 0.29) is 95.2 Å². The molecule has 2 nitrogen and oxygen atoms in total. The van der Waals surface area contributed by atoms with Crippen molar-refractivity contribution in [3.8, 4) is 0 Å². The third-order valence-electron chi connectivity index (χ3n) is 1.98. The van der Waals surface area contributed by atoms with Crippen LogP contribution < -0.4 is 63.9 Å². The zero-order valence-corrected chi connectivity index (χ0v) is 16.9. The Labute approximate surface area is 147 Å². The molecule has 1 rings (SSSR count). The molecule has 3 N–H and O–H groups in total. The third-order valence-corrected chi connectivity index (χ3v) is 1.98. The van der Waals surface area contributed by atoms with Gasteiger partial charge in [-0.25, -0.2) is 0 Å². The van der Waals surface area contributed by atoms with Crippen LogP contribution in [0.15, 0.2) is 0 Å². The van der Waals surface area contributed by atoms with Crippen LogP contribution in [0.5, 0.6) is 0 Å². The summed E-state index contributed by atoms with van der Waals surface area (Å²) in [5, 5.41) is 7.21. The van der Waals surface area contributed by atoms with Crippen LogP contribution in [0.2, 0.25) is 0 Å². The van der Waals surface area contributed by atoms with Crippen LogP contribution in [0.3, 0.4) is 0 Å². The minimum atomic E-state index is 0. The Bertz CT molecular complexity index is 141. The van der Waals surface area contributed by atoms with Gasteiger partial charge in [-0.1, -0.05) is 13.3 Å². The molecule has 0 radical (unpaired) electrons. The molecule has 4 heteroatoms. The maximum atomic E-state index is 7.21. The molecule has 2 unspecified atom stereocenters. The van der Waals surface area contributed by atoms with E-state index in [1.807, 2.05) is 0 Å². The monoisotopic (exact) mass is 461 g/mol. The molecule has 2 atom stereocenters. The topological polar surface area (TPSA) is 49.9 Å². The summed E-state index contributed by atoms with van der Waals surface area (Å²) in [6.07, 6.45) is 6.41. The molecular weight excluding hydrogens is 448 g/mol. The summed E-state index contributed by atoms with van der Waals surface area (Å²) in [4.78, 5) is 0. The van der Waals surface area contributed by atoms with Crippen molar-refractivity contribution in [1.82, 2.24) is 0 Å². The molecule has 62 valence electrons. The van der Waals surface area contributed by atoms with E-state index in [9.17, 15) is 0 Å². The fraction of sp³-hybridized carbons (Fsp3) is 0.625. The Morgan fingerprint density at radius 1 is 1.50 bits per heavy atom. The number of hydrogen-bond donors (Lipinski definition) is 2. The summed E-state index contributed by atoms with van der Waals surface area (Å²) < 4.78 is 0. The van der Waals surface area contributed by atoms with Gasteiger partial charge >= 0.3 is 58.2 Å². The maximum Gasteiger partial charge on any atom is 1.00 e. The van der Waals surface area contributed by atoms with Crippen LogP contribution in [0.4, 0.5) is 0 Å². The van der Waals surface area contributed by atoms with Gasteiger partial charge in [-0.05, 0) is 0 Å². The summed E-state index contributed by atoms with van der Waals surface area (Å²) in [6.45, 7) is 2.17. The number of amidine groups is 1. The number of nitrogens with two attached hydrogens (primary N) is 1. The van der Waals surface area contributed by atoms with Crippen molar-refractivity contribution in [3.05, 3.63) is 12.8 Å². The van der Waals surface area contributed by atoms with E-state index in [2.05, 4.69) is 19.8 Å². The van der Waals surface area contributed by atoms with Gasteiger partial charge in [0.2, 0.25) is 0 Å². The largest absolute Gasteiger partial charge is 1.00 e. The molecule has 0 saturated heterocycles. The molecule has 1 aliphatic carbocycles. The van der Waals surface area contributed by atoms with E-state index in [0.717, 1.165) is 12.8 Å². The van der Waals surface area contributed by atoms with Gasteiger partial charge in [-0.3, -0.25) is 5.41 Å². The SMILES string of the molecule is CC1[CH-]C[CH-]C(C(=N)N)C1.[Rb+].[U]. The average Bonchev–Trinajstić information content (AvgIpc) is 1.88. The van der Waals surface area contributed by atoms with Crippen molar-refractivity contribution in [2.75, 3.05) is 0 Å². The van der Waals surface area contributed by atoms with Gasteiger partial charge in [0.05, 0.1) is 5.84 Å². The van der Waals surface area contributed by atoms with Crippen LogP contribution in [0.25, 0.3) is 0 Å². The first-order valence-corrected chi connectivity index (χ1v) is 3.70. The quantitative estimate of drug-likeness (QED) is 0.275. The Hall–Kier alpha value is 2.33. The van der Waals surface area contributed by atoms with E-state index in [0.29, 0.717) is 11.8 Å². The van der Waals surface area contributed by atoms with Crippen molar-refractivity contribution >= 4 is 5.84 Å². The zero-order valence-electron chi connectivity index (χ0n) is 7.80. The minimum Gasteiger partial charge on any atom is -0.390 e. The van der Waals surface area contributed by atoms with Crippen LogP contribution in [0.1, 0.15) is 19.8 Å². The molecule has 0 amide bonds. The number of nitrogens with one attached hydrogen (secondary N) is 1. The second-order valence-electron chi connectivity index (χ2n) is 2.98. The summed E-state index contributed by atoms with van der Waals surface area (Å²) in [5.41, 5.74) is 5.37. The fourth-order valence-electron chi connectivity index (χ4n) is 1.32. The van der Waals surface area contributed by atoms with Crippen molar-refractivity contribution in [1.29, 1.82) is 5.41 Å². The van der Waals surface area contributed by atoms with Crippen molar-refractivity contribution in [3.63, 3.8) is 0 Å². The number of rotatable bonds is 1. The summed E-state index contributed by atoms with van der Waals surface area (Å²) in [5.74, 6) is 1.18. The molecule has 0 bridgehead atoms. The van der Waals surface area contributed by atoms with E-state index in [1.165, 1.54) is 0 Å². The Kier molecular flexibility index (Phi) is 12.0. The van der Waals surface area contributed by atoms with Gasteiger partial charge in [0.25, 0.3) is 0 Å². The normalized spacial score (nSPS) is 28.1. The first-order valence-electron chi connectivity index (χ1n) is 3.70. The summed E-state index contributed by atoms with van der Waals surface area (Å²) in [6, 6.07) is 0. The second-order valence-corrected chi connectivity index (χ2v) is 2.98. The first kappa shape index (κ1) is 16.7. The zero-order chi connectivity index (χ0) is 7.56. The molecule has 1 saturated carbocycles. The maximum absolute atomic E-state index is 7.21. The van der Waals surface area contributed by atoms with Gasteiger partial charge in [-0.2, -0.15) is 5.92 Å². The first-order chi connectivity index (χ1) is 4.70. The van der Waals surface area contributed by atoms with Crippen LogP contribution in [0, 0.1) is 61.2 Å². The molecule has 0 aliphatic heterocycles. The second kappa shape index (κ2) is 8.62. The Morgan fingerprint density at radius 3 is 2.42 bits per heavy atom. The molecule has 1 aliphatic rings. The summed E-state index contributed by atoms with van der Waals surface area (Å²) >= 11 is 0. The summed E-state index contributed by atoms with van der Waals surface area (Å²) in [7, 11) is 0. The molecule has 0 aromatic carbocycles. The van der Waals surface area contributed by atoms with E-state index in [4.69, 9.17) is 11.1 Å².